The van der Waals surface area contributed by atoms with E-state index in [0.717, 1.165) is 64.2 Å². The van der Waals surface area contributed by atoms with Crippen LogP contribution in [0.5, 0.6) is 0 Å². The summed E-state index contributed by atoms with van der Waals surface area (Å²) in [5.74, 6) is -1.06. The van der Waals surface area contributed by atoms with Crippen molar-refractivity contribution in [1.29, 1.82) is 0 Å². The second-order valence-electron chi connectivity index (χ2n) is 13.3. The third-order valence-electron chi connectivity index (χ3n) is 9.23. The van der Waals surface area contributed by atoms with Gasteiger partial charge in [0.25, 0.3) is 0 Å². The van der Waals surface area contributed by atoms with Crippen LogP contribution in [0.3, 0.4) is 0 Å². The first-order valence-corrected chi connectivity index (χ1v) is 18.4. The first-order valence-electron chi connectivity index (χ1n) is 18.4. The molecule has 1 fully saturated rings. The zero-order valence-electron chi connectivity index (χ0n) is 28.2. The summed E-state index contributed by atoms with van der Waals surface area (Å²) in [5.41, 5.74) is -1.33. The van der Waals surface area contributed by atoms with Gasteiger partial charge >= 0.3 is 11.9 Å². The van der Waals surface area contributed by atoms with Crippen molar-refractivity contribution < 1.29 is 39.5 Å². The Morgan fingerprint density at radius 3 is 1.45 bits per heavy atom. The summed E-state index contributed by atoms with van der Waals surface area (Å²) >= 11 is 0. The van der Waals surface area contributed by atoms with Gasteiger partial charge in [0.15, 0.2) is 5.60 Å². The average molecular weight is 629 g/mol. The molecule has 8 heteroatoms. The van der Waals surface area contributed by atoms with Gasteiger partial charge < -0.3 is 29.9 Å². The molecule has 0 radical (unpaired) electrons. The molecule has 1 saturated heterocycles. The van der Waals surface area contributed by atoms with E-state index in [2.05, 4.69) is 6.92 Å². The molecule has 1 aliphatic heterocycles. The highest BCUT2D eigenvalue weighted by Crippen LogP contribution is 2.33. The number of carboxylic acid groups (broad SMARTS) is 1. The number of carbonyl (C=O) groups is 2. The van der Waals surface area contributed by atoms with Gasteiger partial charge in [-0.3, -0.25) is 9.59 Å². The lowest BCUT2D eigenvalue weighted by molar-refractivity contribution is -0.193. The second-order valence-corrected chi connectivity index (χ2v) is 13.3. The SMILES string of the molecule is CCCCCCCCCCCC(=O)O[C@](CO)(CCCCCCCCCCCCCCCCCC(=O)O)[C@H]1OC[C@H](O)[C@H]1O. The molecule has 0 amide bonds. The van der Waals surface area contributed by atoms with Gasteiger partial charge in [0.2, 0.25) is 0 Å². The maximum Gasteiger partial charge on any atom is 0.306 e. The molecule has 0 aliphatic carbocycles. The van der Waals surface area contributed by atoms with Crippen molar-refractivity contribution in [3.05, 3.63) is 0 Å². The largest absolute Gasteiger partial charge is 0.481 e. The van der Waals surface area contributed by atoms with Gasteiger partial charge in [-0.2, -0.15) is 0 Å². The monoisotopic (exact) mass is 628 g/mol. The number of hydrogen-bond donors (Lipinski definition) is 4. The van der Waals surface area contributed by atoms with Crippen LogP contribution in [0.2, 0.25) is 0 Å². The van der Waals surface area contributed by atoms with Crippen molar-refractivity contribution in [2.45, 2.75) is 204 Å². The first-order chi connectivity index (χ1) is 21.4. The van der Waals surface area contributed by atoms with Crippen LogP contribution in [0, 0.1) is 0 Å². The number of carbonyl (C=O) groups excluding carboxylic acids is 1. The molecule has 4 N–H and O–H groups in total. The van der Waals surface area contributed by atoms with Gasteiger partial charge in [0, 0.05) is 12.8 Å². The van der Waals surface area contributed by atoms with Gasteiger partial charge in [-0.1, -0.05) is 142 Å². The molecule has 260 valence electrons. The van der Waals surface area contributed by atoms with Crippen LogP contribution in [-0.2, 0) is 19.1 Å². The van der Waals surface area contributed by atoms with Crippen molar-refractivity contribution in [2.24, 2.45) is 0 Å². The predicted octanol–water partition coefficient (Wildman–Crippen LogP) is 8.02. The fourth-order valence-electron chi connectivity index (χ4n) is 6.37. The van der Waals surface area contributed by atoms with Crippen LogP contribution in [0.15, 0.2) is 0 Å². The number of carboxylic acids is 1. The highest BCUT2D eigenvalue weighted by atomic mass is 16.6. The number of ether oxygens (including phenoxy) is 2. The lowest BCUT2D eigenvalue weighted by Gasteiger charge is -2.38. The minimum atomic E-state index is -1.33. The second kappa shape index (κ2) is 26.9. The van der Waals surface area contributed by atoms with E-state index < -0.39 is 36.5 Å². The first kappa shape index (κ1) is 40.8. The summed E-state index contributed by atoms with van der Waals surface area (Å²) in [7, 11) is 0. The molecule has 0 aromatic rings. The van der Waals surface area contributed by atoms with E-state index in [1.807, 2.05) is 0 Å². The zero-order chi connectivity index (χ0) is 32.3. The van der Waals surface area contributed by atoms with E-state index in [4.69, 9.17) is 14.6 Å². The number of aliphatic hydroxyl groups is 3. The lowest BCUT2D eigenvalue weighted by Crippen LogP contribution is -2.54. The summed E-state index contributed by atoms with van der Waals surface area (Å²) in [5, 5.41) is 39.7. The van der Waals surface area contributed by atoms with Gasteiger partial charge in [0.1, 0.15) is 18.3 Å². The molecule has 1 rings (SSSR count). The lowest BCUT2D eigenvalue weighted by atomic mass is 9.86. The third kappa shape index (κ3) is 19.3. The molecule has 0 unspecified atom stereocenters. The quantitative estimate of drug-likeness (QED) is 0.0448. The van der Waals surface area contributed by atoms with Gasteiger partial charge in [0.05, 0.1) is 13.2 Å². The number of hydrogen-bond acceptors (Lipinski definition) is 7. The van der Waals surface area contributed by atoms with Crippen LogP contribution in [0.25, 0.3) is 0 Å². The third-order valence-corrected chi connectivity index (χ3v) is 9.23. The number of esters is 1. The Kier molecular flexibility index (Phi) is 25.0. The van der Waals surface area contributed by atoms with Crippen LogP contribution in [0.4, 0.5) is 0 Å². The van der Waals surface area contributed by atoms with Crippen LogP contribution >= 0.6 is 0 Å². The Morgan fingerprint density at radius 2 is 1.07 bits per heavy atom. The molecule has 4 atom stereocenters. The van der Waals surface area contributed by atoms with E-state index in [1.54, 1.807) is 0 Å². The Bertz CT molecular complexity index is 702. The maximum absolute atomic E-state index is 12.8. The Balaban J connectivity index is 2.22. The fourth-order valence-corrected chi connectivity index (χ4v) is 6.37. The minimum Gasteiger partial charge on any atom is -0.481 e. The molecule has 0 spiro atoms. The van der Waals surface area contributed by atoms with Crippen molar-refractivity contribution >= 4 is 11.9 Å². The van der Waals surface area contributed by atoms with Crippen molar-refractivity contribution in [2.75, 3.05) is 13.2 Å². The van der Waals surface area contributed by atoms with Gasteiger partial charge in [-0.25, -0.2) is 0 Å². The molecule has 1 aliphatic rings. The predicted molar refractivity (Wildman–Crippen MR) is 176 cm³/mol. The molecule has 0 aromatic carbocycles. The molecule has 1 heterocycles. The zero-order valence-corrected chi connectivity index (χ0v) is 28.2. The molecule has 0 bridgehead atoms. The molecular formula is C36H68O8. The highest BCUT2D eigenvalue weighted by molar-refractivity contribution is 5.70. The van der Waals surface area contributed by atoms with Crippen LogP contribution in [-0.4, -0.2) is 69.5 Å². The summed E-state index contributed by atoms with van der Waals surface area (Å²) < 4.78 is 11.6. The normalized spacial score (nSPS) is 19.7. The molecular weight excluding hydrogens is 560 g/mol. The average Bonchev–Trinajstić information content (AvgIpc) is 3.35. The van der Waals surface area contributed by atoms with Crippen LogP contribution in [0.1, 0.15) is 180 Å². The van der Waals surface area contributed by atoms with E-state index in [-0.39, 0.29) is 19.0 Å². The maximum atomic E-state index is 12.8. The standard InChI is InChI=1S/C36H68O8/c1-2-3-4-5-6-14-18-21-24-27-33(41)44-36(30-37,35-34(42)31(38)29-43-35)28-25-22-19-16-13-11-9-7-8-10-12-15-17-20-23-26-32(39)40/h31,34-35,37-38,42H,2-30H2,1H3,(H,39,40)/t31-,34+,35-,36-/m0/s1. The Morgan fingerprint density at radius 1 is 0.659 bits per heavy atom. The summed E-state index contributed by atoms with van der Waals surface area (Å²) in [6, 6.07) is 0. The van der Waals surface area contributed by atoms with Gasteiger partial charge in [-0.15, -0.1) is 0 Å². The van der Waals surface area contributed by atoms with E-state index in [1.165, 1.54) is 89.9 Å². The number of rotatable bonds is 31. The smallest absolute Gasteiger partial charge is 0.306 e. The number of aliphatic hydroxyl groups excluding tert-OH is 3. The number of unbranched alkanes of at least 4 members (excludes halogenated alkanes) is 22. The minimum absolute atomic E-state index is 0.0298. The van der Waals surface area contributed by atoms with Crippen LogP contribution < -0.4 is 0 Å². The van der Waals surface area contributed by atoms with Gasteiger partial charge in [-0.05, 0) is 25.7 Å². The Hall–Kier alpha value is -1.22. The van der Waals surface area contributed by atoms with Crippen molar-refractivity contribution in [3.8, 4) is 0 Å². The van der Waals surface area contributed by atoms with E-state index in [0.29, 0.717) is 12.8 Å². The summed E-state index contributed by atoms with van der Waals surface area (Å²) in [6.45, 7) is 1.76. The van der Waals surface area contributed by atoms with Crippen molar-refractivity contribution in [1.82, 2.24) is 0 Å². The van der Waals surface area contributed by atoms with E-state index in [9.17, 15) is 24.9 Å². The van der Waals surface area contributed by atoms with Crippen molar-refractivity contribution in [3.63, 3.8) is 0 Å². The highest BCUT2D eigenvalue weighted by Gasteiger charge is 2.51. The topological polar surface area (TPSA) is 134 Å². The molecule has 8 nitrogen and oxygen atoms in total. The molecule has 44 heavy (non-hydrogen) atoms. The Labute approximate surface area is 268 Å². The molecule has 0 aromatic heterocycles. The fraction of sp³-hybridized carbons (Fsp3) is 0.944. The number of aliphatic carboxylic acids is 1. The molecule has 0 saturated carbocycles. The van der Waals surface area contributed by atoms with E-state index >= 15 is 0 Å². The summed E-state index contributed by atoms with van der Waals surface area (Å²) in [6.07, 6.45) is 25.2. The summed E-state index contributed by atoms with van der Waals surface area (Å²) in [4.78, 5) is 23.3.